The summed E-state index contributed by atoms with van der Waals surface area (Å²) in [7, 11) is 1.89. The number of fused-ring (bicyclic) bond motifs is 1. The summed E-state index contributed by atoms with van der Waals surface area (Å²) >= 11 is 0. The Kier molecular flexibility index (Phi) is 5.60. The zero-order valence-electron chi connectivity index (χ0n) is 18.2. The Morgan fingerprint density at radius 2 is 1.73 bits per heavy atom. The summed E-state index contributed by atoms with van der Waals surface area (Å²) in [6.07, 6.45) is 3.33. The van der Waals surface area contributed by atoms with Crippen LogP contribution in [0.15, 0.2) is 60.8 Å². The van der Waals surface area contributed by atoms with Crippen LogP contribution in [0, 0.1) is 5.82 Å². The maximum Gasteiger partial charge on any atom is 0.319 e. The molecule has 3 heterocycles. The summed E-state index contributed by atoms with van der Waals surface area (Å²) in [5, 5.41) is 21.2. The Bertz CT molecular complexity index is 1280. The molecule has 4 aromatic rings. The number of piperidine rings is 1. The van der Waals surface area contributed by atoms with Gasteiger partial charge in [0.25, 0.3) is 0 Å². The van der Waals surface area contributed by atoms with Crippen molar-refractivity contribution in [2.75, 3.05) is 23.3 Å². The van der Waals surface area contributed by atoms with Gasteiger partial charge in [0.15, 0.2) is 5.82 Å². The number of aryl methyl sites for hydroxylation is 1. The summed E-state index contributed by atoms with van der Waals surface area (Å²) in [5.41, 5.74) is 2.28. The van der Waals surface area contributed by atoms with Crippen LogP contribution < -0.4 is 15.5 Å². The number of nitrogens with zero attached hydrogens (tertiary/aromatic N) is 5. The number of rotatable bonds is 4. The average molecular weight is 446 g/mol. The van der Waals surface area contributed by atoms with Crippen molar-refractivity contribution in [1.29, 1.82) is 0 Å². The molecule has 0 aliphatic carbocycles. The molecule has 1 aliphatic heterocycles. The molecule has 2 aromatic heterocycles. The molecule has 0 saturated carbocycles. The highest BCUT2D eigenvalue weighted by molar-refractivity contribution is 5.99. The Morgan fingerprint density at radius 1 is 1.00 bits per heavy atom. The average Bonchev–Trinajstić information content (AvgIpc) is 3.26. The first-order valence-corrected chi connectivity index (χ1v) is 10.9. The van der Waals surface area contributed by atoms with Crippen molar-refractivity contribution in [2.24, 2.45) is 7.05 Å². The fourth-order valence-electron chi connectivity index (χ4n) is 4.24. The van der Waals surface area contributed by atoms with E-state index in [9.17, 15) is 9.18 Å². The summed E-state index contributed by atoms with van der Waals surface area (Å²) in [5.74, 6) is 0.517. The Hall–Kier alpha value is -4.01. The van der Waals surface area contributed by atoms with E-state index in [4.69, 9.17) is 0 Å². The van der Waals surface area contributed by atoms with E-state index in [0.717, 1.165) is 53.9 Å². The molecule has 0 radical (unpaired) electrons. The van der Waals surface area contributed by atoms with Crippen LogP contribution in [0.3, 0.4) is 0 Å². The molecule has 1 aliphatic rings. The number of benzene rings is 2. The van der Waals surface area contributed by atoms with Gasteiger partial charge < -0.3 is 15.5 Å². The number of anilines is 2. The van der Waals surface area contributed by atoms with Crippen molar-refractivity contribution >= 4 is 28.3 Å². The monoisotopic (exact) mass is 445 g/mol. The third-order valence-electron chi connectivity index (χ3n) is 5.96. The minimum atomic E-state index is -0.336. The quantitative estimate of drug-likeness (QED) is 0.497. The molecular weight excluding hydrogens is 421 g/mol. The minimum absolute atomic E-state index is 0.0506. The van der Waals surface area contributed by atoms with Crippen molar-refractivity contribution in [1.82, 2.24) is 25.3 Å². The van der Waals surface area contributed by atoms with Gasteiger partial charge in [0, 0.05) is 48.8 Å². The summed E-state index contributed by atoms with van der Waals surface area (Å²) < 4.78 is 14.8. The molecule has 2 aromatic carbocycles. The number of hydrogen-bond acceptors (Lipinski definition) is 5. The minimum Gasteiger partial charge on any atom is -0.354 e. The Morgan fingerprint density at radius 3 is 2.42 bits per heavy atom. The van der Waals surface area contributed by atoms with Crippen LogP contribution in [0.25, 0.3) is 22.2 Å². The first-order valence-electron chi connectivity index (χ1n) is 10.9. The van der Waals surface area contributed by atoms with Crippen molar-refractivity contribution in [3.63, 3.8) is 0 Å². The Balaban J connectivity index is 1.27. The molecule has 0 atom stereocenters. The Labute approximate surface area is 190 Å². The second-order valence-electron chi connectivity index (χ2n) is 8.12. The number of halogens is 1. The SMILES string of the molecule is Cn1nccc1-c1nnc(N2CCC(NC(=O)Nc3ccc(F)cc3)CC2)c2ccccc12. The van der Waals surface area contributed by atoms with E-state index in [2.05, 4.69) is 43.0 Å². The molecule has 9 heteroatoms. The smallest absolute Gasteiger partial charge is 0.319 e. The van der Waals surface area contributed by atoms with Crippen LogP contribution in [-0.2, 0) is 7.05 Å². The van der Waals surface area contributed by atoms with Gasteiger partial charge in [0.05, 0.1) is 5.69 Å². The maximum absolute atomic E-state index is 13.0. The first kappa shape index (κ1) is 20.9. The molecule has 5 rings (SSSR count). The molecule has 0 unspecified atom stereocenters. The topological polar surface area (TPSA) is 88.0 Å². The molecule has 33 heavy (non-hydrogen) atoms. The molecule has 0 bridgehead atoms. The lowest BCUT2D eigenvalue weighted by Gasteiger charge is -2.33. The molecule has 1 fully saturated rings. The van der Waals surface area contributed by atoms with Crippen LogP contribution in [-0.4, -0.2) is 45.1 Å². The predicted molar refractivity (Wildman–Crippen MR) is 126 cm³/mol. The maximum atomic E-state index is 13.0. The summed E-state index contributed by atoms with van der Waals surface area (Å²) in [6.45, 7) is 1.51. The van der Waals surface area contributed by atoms with E-state index in [1.165, 1.54) is 24.3 Å². The van der Waals surface area contributed by atoms with Gasteiger partial charge in [-0.15, -0.1) is 10.2 Å². The van der Waals surface area contributed by atoms with Gasteiger partial charge in [-0.2, -0.15) is 5.10 Å². The third kappa shape index (κ3) is 4.34. The van der Waals surface area contributed by atoms with E-state index in [-0.39, 0.29) is 17.9 Å². The number of urea groups is 1. The van der Waals surface area contributed by atoms with Crippen LogP contribution in [0.1, 0.15) is 12.8 Å². The highest BCUT2D eigenvalue weighted by atomic mass is 19.1. The molecule has 2 amide bonds. The van der Waals surface area contributed by atoms with Crippen molar-refractivity contribution in [2.45, 2.75) is 18.9 Å². The highest BCUT2D eigenvalue weighted by Crippen LogP contribution is 2.32. The van der Waals surface area contributed by atoms with Crippen LogP contribution in [0.2, 0.25) is 0 Å². The summed E-state index contributed by atoms with van der Waals surface area (Å²) in [6, 6.07) is 15.6. The number of amides is 2. The highest BCUT2D eigenvalue weighted by Gasteiger charge is 2.24. The number of carbonyl (C=O) groups is 1. The van der Waals surface area contributed by atoms with E-state index in [0.29, 0.717) is 5.69 Å². The van der Waals surface area contributed by atoms with Crippen molar-refractivity contribution in [3.8, 4) is 11.4 Å². The van der Waals surface area contributed by atoms with Gasteiger partial charge in [0.2, 0.25) is 0 Å². The number of carbonyl (C=O) groups excluding carboxylic acids is 1. The molecule has 0 spiro atoms. The number of hydrogen-bond donors (Lipinski definition) is 2. The molecule has 2 N–H and O–H groups in total. The van der Waals surface area contributed by atoms with Crippen LogP contribution in [0.4, 0.5) is 20.7 Å². The lowest BCUT2D eigenvalue weighted by atomic mass is 10.0. The van der Waals surface area contributed by atoms with E-state index in [1.54, 1.807) is 10.9 Å². The van der Waals surface area contributed by atoms with E-state index >= 15 is 0 Å². The van der Waals surface area contributed by atoms with E-state index in [1.807, 2.05) is 25.2 Å². The number of aromatic nitrogens is 4. The first-order chi connectivity index (χ1) is 16.1. The molecule has 8 nitrogen and oxygen atoms in total. The fourth-order valence-corrected chi connectivity index (χ4v) is 4.24. The van der Waals surface area contributed by atoms with Gasteiger partial charge in [0.1, 0.15) is 11.5 Å². The normalized spacial score (nSPS) is 14.4. The molecule has 1 saturated heterocycles. The van der Waals surface area contributed by atoms with Gasteiger partial charge in [-0.05, 0) is 43.2 Å². The van der Waals surface area contributed by atoms with Crippen molar-refractivity contribution in [3.05, 3.63) is 66.6 Å². The van der Waals surface area contributed by atoms with Gasteiger partial charge in [-0.25, -0.2) is 9.18 Å². The number of nitrogens with one attached hydrogen (secondary N) is 2. The lowest BCUT2D eigenvalue weighted by molar-refractivity contribution is 0.246. The third-order valence-corrected chi connectivity index (χ3v) is 5.96. The lowest BCUT2D eigenvalue weighted by Crippen LogP contribution is -2.46. The predicted octanol–water partition coefficient (Wildman–Crippen LogP) is 3.96. The van der Waals surface area contributed by atoms with E-state index < -0.39 is 0 Å². The van der Waals surface area contributed by atoms with Gasteiger partial charge in [-0.1, -0.05) is 24.3 Å². The van der Waals surface area contributed by atoms with Crippen LogP contribution in [0.5, 0.6) is 0 Å². The molecule has 168 valence electrons. The molecular formula is C24H24FN7O. The van der Waals surface area contributed by atoms with Gasteiger partial charge >= 0.3 is 6.03 Å². The second kappa shape index (κ2) is 8.85. The summed E-state index contributed by atoms with van der Waals surface area (Å²) in [4.78, 5) is 14.5. The zero-order chi connectivity index (χ0) is 22.8. The zero-order valence-corrected chi connectivity index (χ0v) is 18.2. The van der Waals surface area contributed by atoms with Crippen molar-refractivity contribution < 1.29 is 9.18 Å². The van der Waals surface area contributed by atoms with Crippen LogP contribution >= 0.6 is 0 Å². The standard InChI is InChI=1S/C24H24FN7O/c1-31-21(10-13-26-31)22-19-4-2-3-5-20(19)23(30-29-22)32-14-11-18(12-15-32)28-24(33)27-17-8-6-16(25)7-9-17/h2-10,13,18H,11-12,14-15H2,1H3,(H2,27,28,33). The van der Waals surface area contributed by atoms with Gasteiger partial charge in [-0.3, -0.25) is 4.68 Å². The fraction of sp³-hybridized carbons (Fsp3) is 0.250. The largest absolute Gasteiger partial charge is 0.354 e. The second-order valence-corrected chi connectivity index (χ2v) is 8.12.